The highest BCUT2D eigenvalue weighted by molar-refractivity contribution is 5.92. The Labute approximate surface area is 128 Å². The quantitative estimate of drug-likeness (QED) is 0.639. The summed E-state index contributed by atoms with van der Waals surface area (Å²) in [6, 6.07) is 4.90. The molecule has 2 amide bonds. The molecule has 0 heterocycles. The highest BCUT2D eigenvalue weighted by atomic mass is 16.5. The van der Waals surface area contributed by atoms with Crippen LogP contribution in [0.15, 0.2) is 24.3 Å². The molecule has 0 aliphatic carbocycles. The van der Waals surface area contributed by atoms with Gasteiger partial charge in [-0.3, -0.25) is 9.59 Å². The summed E-state index contributed by atoms with van der Waals surface area (Å²) in [7, 11) is 0. The van der Waals surface area contributed by atoms with Gasteiger partial charge in [0.05, 0.1) is 5.56 Å². The van der Waals surface area contributed by atoms with Gasteiger partial charge in [0.2, 0.25) is 5.91 Å². The summed E-state index contributed by atoms with van der Waals surface area (Å²) in [6.45, 7) is 3.50. The molecule has 0 aromatic heterocycles. The van der Waals surface area contributed by atoms with E-state index in [9.17, 15) is 19.5 Å². The minimum Gasteiger partial charge on any atom is -0.508 e. The highest BCUT2D eigenvalue weighted by Crippen LogP contribution is 2.11. The number of amides is 2. The van der Waals surface area contributed by atoms with Crippen LogP contribution < -0.4 is 10.6 Å². The van der Waals surface area contributed by atoms with E-state index < -0.39 is 24.5 Å². The fraction of sp³-hybridized carbons (Fsp3) is 0.400. The van der Waals surface area contributed by atoms with Gasteiger partial charge in [0.25, 0.3) is 5.91 Å². The van der Waals surface area contributed by atoms with Crippen LogP contribution in [0.25, 0.3) is 0 Å². The fourth-order valence-electron chi connectivity index (χ4n) is 1.60. The maximum atomic E-state index is 11.7. The predicted octanol–water partition coefficient (Wildman–Crippen LogP) is 0.580. The molecule has 0 bridgehead atoms. The molecular weight excluding hydrogens is 288 g/mol. The molecule has 1 rings (SSSR count). The van der Waals surface area contributed by atoms with E-state index in [2.05, 4.69) is 10.6 Å². The average Bonchev–Trinajstić information content (AvgIpc) is 2.50. The van der Waals surface area contributed by atoms with Gasteiger partial charge < -0.3 is 20.5 Å². The van der Waals surface area contributed by atoms with Crippen LogP contribution in [0.4, 0.5) is 0 Å². The Morgan fingerprint density at radius 2 is 2.05 bits per heavy atom. The Morgan fingerprint density at radius 1 is 1.32 bits per heavy atom. The van der Waals surface area contributed by atoms with Gasteiger partial charge in [0, 0.05) is 6.54 Å². The minimum absolute atomic E-state index is 0.0693. The number of ether oxygens (including phenoxy) is 1. The molecule has 0 spiro atoms. The Hall–Kier alpha value is -2.57. The summed E-state index contributed by atoms with van der Waals surface area (Å²) in [5, 5.41) is 14.3. The first-order valence-electron chi connectivity index (χ1n) is 6.97. The summed E-state index contributed by atoms with van der Waals surface area (Å²) >= 11 is 0. The topological polar surface area (TPSA) is 105 Å². The lowest BCUT2D eigenvalue weighted by atomic mass is 10.2. The Morgan fingerprint density at radius 3 is 2.68 bits per heavy atom. The normalized spacial score (nSPS) is 11.4. The average molecular weight is 308 g/mol. The van der Waals surface area contributed by atoms with Gasteiger partial charge in [0.1, 0.15) is 11.8 Å². The molecule has 0 aliphatic heterocycles. The molecule has 0 saturated heterocycles. The van der Waals surface area contributed by atoms with Gasteiger partial charge in [-0.15, -0.1) is 0 Å². The number of nitrogens with one attached hydrogen (secondary N) is 2. The van der Waals surface area contributed by atoms with E-state index in [-0.39, 0.29) is 17.2 Å². The van der Waals surface area contributed by atoms with Crippen molar-refractivity contribution in [1.82, 2.24) is 10.6 Å². The van der Waals surface area contributed by atoms with Crippen molar-refractivity contribution in [2.75, 3.05) is 13.2 Å². The number of hydrogen-bond donors (Lipinski definition) is 3. The van der Waals surface area contributed by atoms with Crippen molar-refractivity contribution in [1.29, 1.82) is 0 Å². The van der Waals surface area contributed by atoms with Crippen LogP contribution >= 0.6 is 0 Å². The Bertz CT molecular complexity index is 544. The molecule has 7 nitrogen and oxygen atoms in total. The standard InChI is InChI=1S/C15H20N2O5/c1-3-7-16-14(20)10(2)17-13(19)9-22-15(21)11-5-4-6-12(18)8-11/h4-6,8,10,18H,3,7,9H2,1-2H3,(H,16,20)(H,17,19)/t10-/m0/s1. The number of phenolic OH excluding ortho intramolecular Hbond substituents is 1. The van der Waals surface area contributed by atoms with E-state index >= 15 is 0 Å². The molecule has 0 unspecified atom stereocenters. The largest absolute Gasteiger partial charge is 0.508 e. The van der Waals surface area contributed by atoms with E-state index in [1.54, 1.807) is 6.92 Å². The smallest absolute Gasteiger partial charge is 0.338 e. The number of aromatic hydroxyl groups is 1. The zero-order valence-corrected chi connectivity index (χ0v) is 12.6. The third-order valence-corrected chi connectivity index (χ3v) is 2.74. The van der Waals surface area contributed by atoms with Crippen molar-refractivity contribution in [3.63, 3.8) is 0 Å². The maximum Gasteiger partial charge on any atom is 0.338 e. The second-order valence-electron chi connectivity index (χ2n) is 4.71. The van der Waals surface area contributed by atoms with Crippen molar-refractivity contribution in [2.45, 2.75) is 26.3 Å². The second kappa shape index (κ2) is 8.66. The van der Waals surface area contributed by atoms with E-state index in [1.165, 1.54) is 24.3 Å². The molecule has 1 aromatic carbocycles. The second-order valence-corrected chi connectivity index (χ2v) is 4.71. The van der Waals surface area contributed by atoms with E-state index in [0.717, 1.165) is 6.42 Å². The van der Waals surface area contributed by atoms with Gasteiger partial charge in [-0.1, -0.05) is 13.0 Å². The molecule has 0 aliphatic rings. The molecule has 3 N–H and O–H groups in total. The number of carbonyl (C=O) groups excluding carboxylic acids is 3. The van der Waals surface area contributed by atoms with Crippen molar-refractivity contribution in [3.8, 4) is 5.75 Å². The van der Waals surface area contributed by atoms with Crippen LogP contribution in [0.3, 0.4) is 0 Å². The van der Waals surface area contributed by atoms with Crippen LogP contribution in [0, 0.1) is 0 Å². The van der Waals surface area contributed by atoms with E-state index in [0.29, 0.717) is 6.54 Å². The first-order chi connectivity index (χ1) is 10.4. The molecule has 7 heteroatoms. The number of carbonyl (C=O) groups is 3. The van der Waals surface area contributed by atoms with Gasteiger partial charge in [-0.05, 0) is 31.5 Å². The van der Waals surface area contributed by atoms with E-state index in [4.69, 9.17) is 4.74 Å². The first kappa shape index (κ1) is 17.5. The van der Waals surface area contributed by atoms with Crippen molar-refractivity contribution in [3.05, 3.63) is 29.8 Å². The van der Waals surface area contributed by atoms with Gasteiger partial charge in [0.15, 0.2) is 6.61 Å². The molecule has 0 fully saturated rings. The van der Waals surface area contributed by atoms with Crippen LogP contribution in [0.1, 0.15) is 30.6 Å². The van der Waals surface area contributed by atoms with Gasteiger partial charge >= 0.3 is 5.97 Å². The van der Waals surface area contributed by atoms with Crippen molar-refractivity contribution >= 4 is 17.8 Å². The Balaban J connectivity index is 2.39. The lowest BCUT2D eigenvalue weighted by molar-refractivity contribution is -0.130. The number of benzene rings is 1. The zero-order valence-electron chi connectivity index (χ0n) is 12.6. The van der Waals surface area contributed by atoms with Crippen LogP contribution in [-0.4, -0.2) is 42.1 Å². The summed E-state index contributed by atoms with van der Waals surface area (Å²) < 4.78 is 4.81. The minimum atomic E-state index is -0.728. The maximum absolute atomic E-state index is 11.7. The molecule has 120 valence electrons. The third-order valence-electron chi connectivity index (χ3n) is 2.74. The van der Waals surface area contributed by atoms with Gasteiger partial charge in [-0.2, -0.15) is 0 Å². The van der Waals surface area contributed by atoms with Gasteiger partial charge in [-0.25, -0.2) is 4.79 Å². The number of esters is 1. The number of hydrogen-bond acceptors (Lipinski definition) is 5. The van der Waals surface area contributed by atoms with Crippen LogP contribution in [0.5, 0.6) is 5.75 Å². The predicted molar refractivity (Wildman–Crippen MR) is 79.3 cm³/mol. The van der Waals surface area contributed by atoms with Crippen molar-refractivity contribution < 1.29 is 24.2 Å². The monoisotopic (exact) mass is 308 g/mol. The summed E-state index contributed by atoms with van der Waals surface area (Å²) in [5.41, 5.74) is 0.140. The summed E-state index contributed by atoms with van der Waals surface area (Å²) in [6.07, 6.45) is 0.800. The molecular formula is C15H20N2O5. The highest BCUT2D eigenvalue weighted by Gasteiger charge is 2.16. The lowest BCUT2D eigenvalue weighted by Gasteiger charge is -2.13. The van der Waals surface area contributed by atoms with Crippen LogP contribution in [-0.2, 0) is 14.3 Å². The molecule has 0 radical (unpaired) electrons. The molecule has 1 aromatic rings. The number of rotatable bonds is 7. The first-order valence-corrected chi connectivity index (χ1v) is 6.97. The zero-order chi connectivity index (χ0) is 16.5. The SMILES string of the molecule is CCCNC(=O)[C@H](C)NC(=O)COC(=O)c1cccc(O)c1. The van der Waals surface area contributed by atoms with E-state index in [1.807, 2.05) is 6.92 Å². The molecule has 22 heavy (non-hydrogen) atoms. The summed E-state index contributed by atoms with van der Waals surface area (Å²) in [5.74, 6) is -1.67. The molecule has 1 atom stereocenters. The Kier molecular flexibility index (Phi) is 6.88. The fourth-order valence-corrected chi connectivity index (χ4v) is 1.60. The summed E-state index contributed by atoms with van der Waals surface area (Å²) in [4.78, 5) is 34.9. The van der Waals surface area contributed by atoms with Crippen molar-refractivity contribution in [2.24, 2.45) is 0 Å². The number of phenols is 1. The van der Waals surface area contributed by atoms with Crippen LogP contribution in [0.2, 0.25) is 0 Å². The molecule has 0 saturated carbocycles. The third kappa shape index (κ3) is 5.82. The lowest BCUT2D eigenvalue weighted by Crippen LogP contribution is -2.46.